The van der Waals surface area contributed by atoms with Gasteiger partial charge in [0.1, 0.15) is 17.1 Å². The first kappa shape index (κ1) is 15.0. The largest absolute Gasteiger partial charge is 0.485 e. The Morgan fingerprint density at radius 3 is 2.90 bits per heavy atom. The number of rotatable bonds is 6. The average molecular weight is 294 g/mol. The second kappa shape index (κ2) is 6.34. The van der Waals surface area contributed by atoms with E-state index in [4.69, 9.17) is 14.4 Å². The predicted molar refractivity (Wildman–Crippen MR) is 70.5 cm³/mol. The fraction of sp³-hybridized carbons (Fsp3) is 0.357. The maximum Gasteiger partial charge on any atom is 0.339 e. The van der Waals surface area contributed by atoms with E-state index in [2.05, 4.69) is 10.1 Å². The molecule has 0 bridgehead atoms. The Bertz CT molecular complexity index is 640. The van der Waals surface area contributed by atoms with Crippen LogP contribution < -0.4 is 4.74 Å². The van der Waals surface area contributed by atoms with Crippen molar-refractivity contribution in [3.8, 4) is 5.75 Å². The first-order valence-corrected chi connectivity index (χ1v) is 6.43. The topological polar surface area (TPSA) is 85.5 Å². The van der Waals surface area contributed by atoms with Gasteiger partial charge in [-0.1, -0.05) is 19.0 Å². The number of ether oxygens (including phenoxy) is 1. The number of carboxylic acid groups (broad SMARTS) is 1. The smallest absolute Gasteiger partial charge is 0.339 e. The molecule has 0 atom stereocenters. The molecule has 0 radical (unpaired) electrons. The fourth-order valence-electron chi connectivity index (χ4n) is 1.72. The van der Waals surface area contributed by atoms with Crippen LogP contribution in [0, 0.1) is 11.7 Å². The third kappa shape index (κ3) is 4.01. The Morgan fingerprint density at radius 2 is 2.24 bits per heavy atom. The Balaban J connectivity index is 2.06. The molecule has 1 aromatic carbocycles. The van der Waals surface area contributed by atoms with E-state index in [9.17, 15) is 9.18 Å². The summed E-state index contributed by atoms with van der Waals surface area (Å²) in [5, 5.41) is 12.7. The van der Waals surface area contributed by atoms with Crippen molar-refractivity contribution in [3.05, 3.63) is 41.3 Å². The Hall–Kier alpha value is -2.44. The van der Waals surface area contributed by atoms with Gasteiger partial charge in [-0.15, -0.1) is 0 Å². The first-order valence-electron chi connectivity index (χ1n) is 6.43. The number of halogens is 1. The molecule has 6 nitrogen and oxygen atoms in total. The highest BCUT2D eigenvalue weighted by atomic mass is 19.1. The number of hydrogen-bond donors (Lipinski definition) is 1. The summed E-state index contributed by atoms with van der Waals surface area (Å²) in [6.45, 7) is 4.00. The predicted octanol–water partition coefficient (Wildman–Crippen LogP) is 2.68. The van der Waals surface area contributed by atoms with Crippen molar-refractivity contribution in [2.75, 3.05) is 0 Å². The zero-order valence-electron chi connectivity index (χ0n) is 11.7. The molecule has 0 aliphatic rings. The molecule has 1 N–H and O–H groups in total. The molecule has 0 unspecified atom stereocenters. The van der Waals surface area contributed by atoms with E-state index in [1.54, 1.807) is 0 Å². The van der Waals surface area contributed by atoms with Crippen molar-refractivity contribution >= 4 is 5.97 Å². The molecule has 2 aromatic rings. The first-order chi connectivity index (χ1) is 9.95. The van der Waals surface area contributed by atoms with Crippen molar-refractivity contribution in [2.45, 2.75) is 26.9 Å². The van der Waals surface area contributed by atoms with Gasteiger partial charge in [-0.2, -0.15) is 4.98 Å². The van der Waals surface area contributed by atoms with Crippen molar-refractivity contribution in [1.29, 1.82) is 0 Å². The van der Waals surface area contributed by atoms with Crippen LogP contribution >= 0.6 is 0 Å². The zero-order valence-corrected chi connectivity index (χ0v) is 11.7. The van der Waals surface area contributed by atoms with E-state index in [1.807, 2.05) is 13.8 Å². The van der Waals surface area contributed by atoms with Crippen molar-refractivity contribution in [1.82, 2.24) is 10.1 Å². The van der Waals surface area contributed by atoms with Gasteiger partial charge in [0.25, 0.3) is 0 Å². The highest BCUT2D eigenvalue weighted by molar-refractivity contribution is 5.90. The summed E-state index contributed by atoms with van der Waals surface area (Å²) < 4.78 is 23.4. The van der Waals surface area contributed by atoms with Gasteiger partial charge in [-0.3, -0.25) is 0 Å². The second-order valence-corrected chi connectivity index (χ2v) is 4.94. The summed E-state index contributed by atoms with van der Waals surface area (Å²) in [5.74, 6) is -0.654. The van der Waals surface area contributed by atoms with Crippen LogP contribution in [0.25, 0.3) is 0 Å². The van der Waals surface area contributed by atoms with Gasteiger partial charge < -0.3 is 14.4 Å². The lowest BCUT2D eigenvalue weighted by molar-refractivity contribution is 0.0691. The maximum atomic E-state index is 13.0. The minimum Gasteiger partial charge on any atom is -0.485 e. The van der Waals surface area contributed by atoms with Crippen LogP contribution in [0.3, 0.4) is 0 Å². The summed E-state index contributed by atoms with van der Waals surface area (Å²) in [5.41, 5.74) is -0.249. The quantitative estimate of drug-likeness (QED) is 0.881. The molecule has 2 rings (SSSR count). The molecule has 0 amide bonds. The molecule has 0 saturated carbocycles. The molecule has 1 heterocycles. The molecular formula is C14H15FN2O4. The Kier molecular flexibility index (Phi) is 4.52. The molecule has 1 aromatic heterocycles. The molecule has 7 heteroatoms. The minimum absolute atomic E-state index is 0.0481. The lowest BCUT2D eigenvalue weighted by Gasteiger charge is -2.06. The van der Waals surface area contributed by atoms with Crippen LogP contribution in [0.15, 0.2) is 22.7 Å². The van der Waals surface area contributed by atoms with Crippen LogP contribution in [0.4, 0.5) is 4.39 Å². The van der Waals surface area contributed by atoms with Gasteiger partial charge >= 0.3 is 5.97 Å². The zero-order chi connectivity index (χ0) is 15.4. The molecule has 0 aliphatic heterocycles. The SMILES string of the molecule is CC(C)Cc1nc(COc2ccc(F)cc2C(=O)O)no1. The second-order valence-electron chi connectivity index (χ2n) is 4.94. The number of aromatic nitrogens is 2. The number of nitrogens with zero attached hydrogens (tertiary/aromatic N) is 2. The Morgan fingerprint density at radius 1 is 1.48 bits per heavy atom. The van der Waals surface area contributed by atoms with Gasteiger partial charge in [0.15, 0.2) is 6.61 Å². The molecule has 0 aliphatic carbocycles. The van der Waals surface area contributed by atoms with E-state index in [1.165, 1.54) is 6.07 Å². The van der Waals surface area contributed by atoms with Crippen LogP contribution in [0.1, 0.15) is 35.9 Å². The third-order valence-corrected chi connectivity index (χ3v) is 2.62. The van der Waals surface area contributed by atoms with Crippen LogP contribution in [-0.2, 0) is 13.0 Å². The molecule has 112 valence electrons. The summed E-state index contributed by atoms with van der Waals surface area (Å²) in [6.07, 6.45) is 0.657. The molecule has 0 fully saturated rings. The van der Waals surface area contributed by atoms with E-state index < -0.39 is 11.8 Å². The van der Waals surface area contributed by atoms with E-state index in [0.29, 0.717) is 24.1 Å². The maximum absolute atomic E-state index is 13.0. The fourth-order valence-corrected chi connectivity index (χ4v) is 1.72. The van der Waals surface area contributed by atoms with Crippen LogP contribution in [0.5, 0.6) is 5.75 Å². The average Bonchev–Trinajstić information content (AvgIpc) is 2.83. The minimum atomic E-state index is -1.27. The highest BCUT2D eigenvalue weighted by Crippen LogP contribution is 2.20. The summed E-state index contributed by atoms with van der Waals surface area (Å²) >= 11 is 0. The number of carbonyl (C=O) groups is 1. The van der Waals surface area contributed by atoms with Gasteiger partial charge in [0.05, 0.1) is 0 Å². The molecular weight excluding hydrogens is 279 g/mol. The summed E-state index contributed by atoms with van der Waals surface area (Å²) in [4.78, 5) is 15.1. The third-order valence-electron chi connectivity index (χ3n) is 2.62. The van der Waals surface area contributed by atoms with Crippen molar-refractivity contribution < 1.29 is 23.6 Å². The van der Waals surface area contributed by atoms with Gasteiger partial charge in [0, 0.05) is 6.42 Å². The highest BCUT2D eigenvalue weighted by Gasteiger charge is 2.14. The number of carboxylic acids is 1. The number of benzene rings is 1. The molecule has 0 spiro atoms. The summed E-state index contributed by atoms with van der Waals surface area (Å²) in [7, 11) is 0. The standard InChI is InChI=1S/C14H15FN2O4/c1-8(2)5-13-16-12(17-21-13)7-20-11-4-3-9(15)6-10(11)14(18)19/h3-4,6,8H,5,7H2,1-2H3,(H,18,19). The van der Waals surface area contributed by atoms with E-state index in [0.717, 1.165) is 12.1 Å². The molecule has 21 heavy (non-hydrogen) atoms. The van der Waals surface area contributed by atoms with Crippen molar-refractivity contribution in [3.63, 3.8) is 0 Å². The molecule has 0 saturated heterocycles. The van der Waals surface area contributed by atoms with Crippen LogP contribution in [0.2, 0.25) is 0 Å². The number of aromatic carboxylic acids is 1. The lowest BCUT2D eigenvalue weighted by Crippen LogP contribution is -2.05. The van der Waals surface area contributed by atoms with E-state index >= 15 is 0 Å². The Labute approximate surface area is 120 Å². The monoisotopic (exact) mass is 294 g/mol. The van der Waals surface area contributed by atoms with Crippen LogP contribution in [-0.4, -0.2) is 21.2 Å². The lowest BCUT2D eigenvalue weighted by atomic mass is 10.1. The van der Waals surface area contributed by atoms with Gasteiger partial charge in [-0.05, 0) is 24.1 Å². The normalized spacial score (nSPS) is 10.9. The summed E-state index contributed by atoms with van der Waals surface area (Å²) in [6, 6.07) is 3.29. The van der Waals surface area contributed by atoms with Crippen molar-refractivity contribution in [2.24, 2.45) is 5.92 Å². The van der Waals surface area contributed by atoms with Gasteiger partial charge in [0.2, 0.25) is 11.7 Å². The van der Waals surface area contributed by atoms with E-state index in [-0.39, 0.29) is 17.9 Å². The van der Waals surface area contributed by atoms with Gasteiger partial charge in [-0.25, -0.2) is 9.18 Å². The number of hydrogen-bond acceptors (Lipinski definition) is 5.